The van der Waals surface area contributed by atoms with E-state index in [0.29, 0.717) is 31.1 Å². The highest BCUT2D eigenvalue weighted by Gasteiger charge is 2.31. The Morgan fingerprint density at radius 2 is 1.59 bits per heavy atom. The summed E-state index contributed by atoms with van der Waals surface area (Å²) >= 11 is 0. The molecule has 4 rings (SSSR count). The second-order valence-corrected chi connectivity index (χ2v) is 9.96. The van der Waals surface area contributed by atoms with E-state index >= 15 is 0 Å². The van der Waals surface area contributed by atoms with Crippen LogP contribution in [0.1, 0.15) is 28.8 Å². The third-order valence-corrected chi connectivity index (χ3v) is 7.83. The van der Waals surface area contributed by atoms with Crippen LogP contribution in [0.4, 0.5) is 5.69 Å². The van der Waals surface area contributed by atoms with Gasteiger partial charge in [0.25, 0.3) is 5.91 Å². The molecule has 1 amide bonds. The van der Waals surface area contributed by atoms with Crippen LogP contribution in [-0.4, -0.2) is 45.9 Å². The van der Waals surface area contributed by atoms with Crippen molar-refractivity contribution in [3.8, 4) is 11.5 Å². The van der Waals surface area contributed by atoms with Crippen molar-refractivity contribution >= 4 is 21.6 Å². The van der Waals surface area contributed by atoms with Gasteiger partial charge in [0.15, 0.2) is 0 Å². The van der Waals surface area contributed by atoms with Gasteiger partial charge < -0.3 is 14.4 Å². The number of methoxy groups -OCH3 is 2. The Hall–Kier alpha value is -3.36. The summed E-state index contributed by atoms with van der Waals surface area (Å²) in [6.45, 7) is 1.26. The zero-order valence-electron chi connectivity index (χ0n) is 19.3. The van der Waals surface area contributed by atoms with E-state index < -0.39 is 10.0 Å². The van der Waals surface area contributed by atoms with Crippen LogP contribution < -0.4 is 14.4 Å². The molecule has 7 nitrogen and oxygen atoms in total. The molecule has 3 aromatic carbocycles. The standard InChI is InChI=1S/C26H28N2O5S/c1-32-23-13-11-22(12-14-23)28(19-20-8-4-3-5-9-20)26(29)21-10-15-24(33-2)25(18-21)34(30,31)27-16-6-7-17-27/h3-5,8-15,18H,6-7,16-17,19H2,1-2H3. The van der Waals surface area contributed by atoms with Crippen LogP contribution >= 0.6 is 0 Å². The molecule has 3 aromatic rings. The summed E-state index contributed by atoms with van der Waals surface area (Å²) in [4.78, 5) is 15.4. The van der Waals surface area contributed by atoms with Crippen LogP contribution in [0, 0.1) is 0 Å². The normalized spacial score (nSPS) is 14.1. The number of anilines is 1. The zero-order valence-corrected chi connectivity index (χ0v) is 20.1. The minimum atomic E-state index is -3.77. The summed E-state index contributed by atoms with van der Waals surface area (Å²) in [5.74, 6) is 0.594. The Morgan fingerprint density at radius 3 is 2.21 bits per heavy atom. The largest absolute Gasteiger partial charge is 0.497 e. The molecule has 0 N–H and O–H groups in total. The lowest BCUT2D eigenvalue weighted by Crippen LogP contribution is -2.31. The van der Waals surface area contributed by atoms with Gasteiger partial charge >= 0.3 is 0 Å². The predicted molar refractivity (Wildman–Crippen MR) is 131 cm³/mol. The van der Waals surface area contributed by atoms with Crippen molar-refractivity contribution in [2.45, 2.75) is 24.3 Å². The van der Waals surface area contributed by atoms with Crippen LogP contribution in [0.25, 0.3) is 0 Å². The highest BCUT2D eigenvalue weighted by molar-refractivity contribution is 7.89. The monoisotopic (exact) mass is 480 g/mol. The summed E-state index contributed by atoms with van der Waals surface area (Å²) < 4.78 is 38.6. The number of sulfonamides is 1. The van der Waals surface area contributed by atoms with Gasteiger partial charge in [-0.25, -0.2) is 8.42 Å². The smallest absolute Gasteiger partial charge is 0.258 e. The third-order valence-electron chi connectivity index (χ3n) is 5.91. The summed E-state index contributed by atoms with van der Waals surface area (Å²) in [5, 5.41) is 0. The first kappa shape index (κ1) is 23.8. The second-order valence-electron chi connectivity index (χ2n) is 8.05. The fourth-order valence-corrected chi connectivity index (χ4v) is 5.74. The number of carbonyl (C=O) groups is 1. The molecule has 0 saturated carbocycles. The third kappa shape index (κ3) is 4.93. The summed E-state index contributed by atoms with van der Waals surface area (Å²) in [6.07, 6.45) is 1.64. The van der Waals surface area contributed by atoms with E-state index in [-0.39, 0.29) is 22.1 Å². The summed E-state index contributed by atoms with van der Waals surface area (Å²) in [6, 6.07) is 21.4. The van der Waals surface area contributed by atoms with Crippen molar-refractivity contribution in [2.24, 2.45) is 0 Å². The molecule has 1 aliphatic rings. The zero-order chi connectivity index (χ0) is 24.1. The Bertz CT molecular complexity index is 1240. The molecular formula is C26H28N2O5S. The maximum atomic E-state index is 13.7. The number of hydrogen-bond donors (Lipinski definition) is 0. The van der Waals surface area contributed by atoms with E-state index in [1.807, 2.05) is 42.5 Å². The molecule has 1 aliphatic heterocycles. The highest BCUT2D eigenvalue weighted by atomic mass is 32.2. The lowest BCUT2D eigenvalue weighted by Gasteiger charge is -2.24. The van der Waals surface area contributed by atoms with Crippen molar-refractivity contribution in [3.05, 3.63) is 83.9 Å². The fraction of sp³-hybridized carbons (Fsp3) is 0.269. The molecule has 0 unspecified atom stereocenters. The molecule has 0 radical (unpaired) electrons. The molecule has 0 aliphatic carbocycles. The van der Waals surface area contributed by atoms with Crippen molar-refractivity contribution in [3.63, 3.8) is 0 Å². The number of hydrogen-bond acceptors (Lipinski definition) is 5. The quantitative estimate of drug-likeness (QED) is 0.480. The van der Waals surface area contributed by atoms with Crippen molar-refractivity contribution in [1.82, 2.24) is 4.31 Å². The van der Waals surface area contributed by atoms with Crippen molar-refractivity contribution in [1.29, 1.82) is 0 Å². The fourth-order valence-electron chi connectivity index (χ4n) is 4.04. The van der Waals surface area contributed by atoms with Gasteiger partial charge in [-0.15, -0.1) is 0 Å². The molecule has 0 atom stereocenters. The van der Waals surface area contributed by atoms with Gasteiger partial charge in [0, 0.05) is 24.3 Å². The van der Waals surface area contributed by atoms with Crippen molar-refractivity contribution in [2.75, 3.05) is 32.2 Å². The maximum Gasteiger partial charge on any atom is 0.258 e. The molecule has 0 aromatic heterocycles. The van der Waals surface area contributed by atoms with Crippen LogP contribution in [0.2, 0.25) is 0 Å². The average molecular weight is 481 g/mol. The topological polar surface area (TPSA) is 76.1 Å². The SMILES string of the molecule is COc1ccc(N(Cc2ccccc2)C(=O)c2ccc(OC)c(S(=O)(=O)N3CCCC3)c2)cc1. The Balaban J connectivity index is 1.74. The Morgan fingerprint density at radius 1 is 0.912 bits per heavy atom. The lowest BCUT2D eigenvalue weighted by atomic mass is 10.1. The first-order valence-corrected chi connectivity index (χ1v) is 12.6. The van der Waals surface area contributed by atoms with Gasteiger partial charge in [-0.3, -0.25) is 4.79 Å². The number of ether oxygens (including phenoxy) is 2. The first-order chi connectivity index (χ1) is 16.4. The number of nitrogens with zero attached hydrogens (tertiary/aromatic N) is 2. The number of carbonyl (C=O) groups excluding carboxylic acids is 1. The maximum absolute atomic E-state index is 13.7. The molecule has 1 fully saturated rings. The summed E-state index contributed by atoms with van der Waals surface area (Å²) in [7, 11) is -0.760. The molecule has 8 heteroatoms. The number of benzene rings is 3. The van der Waals surface area contributed by atoms with E-state index in [2.05, 4.69) is 0 Å². The Labute approximate surface area is 200 Å². The van der Waals surface area contributed by atoms with Gasteiger partial charge in [-0.05, 0) is 60.9 Å². The highest BCUT2D eigenvalue weighted by Crippen LogP contribution is 2.31. The van der Waals surface area contributed by atoms with Gasteiger partial charge in [0.1, 0.15) is 16.4 Å². The minimum Gasteiger partial charge on any atom is -0.497 e. The average Bonchev–Trinajstić information content (AvgIpc) is 3.43. The lowest BCUT2D eigenvalue weighted by molar-refractivity contribution is 0.0985. The van der Waals surface area contributed by atoms with Gasteiger partial charge in [-0.2, -0.15) is 4.31 Å². The van der Waals surface area contributed by atoms with Gasteiger partial charge in [0.05, 0.1) is 20.8 Å². The summed E-state index contributed by atoms with van der Waals surface area (Å²) in [5.41, 5.74) is 1.89. The molecule has 0 spiro atoms. The van der Waals surface area contributed by atoms with Crippen LogP contribution in [0.15, 0.2) is 77.7 Å². The number of amides is 1. The molecule has 1 heterocycles. The van der Waals surface area contributed by atoms with E-state index in [1.165, 1.54) is 17.5 Å². The molecule has 1 saturated heterocycles. The van der Waals surface area contributed by atoms with Crippen LogP contribution in [0.5, 0.6) is 11.5 Å². The van der Waals surface area contributed by atoms with Gasteiger partial charge in [-0.1, -0.05) is 30.3 Å². The van der Waals surface area contributed by atoms with E-state index in [1.54, 1.807) is 36.3 Å². The number of rotatable bonds is 8. The first-order valence-electron chi connectivity index (χ1n) is 11.1. The van der Waals surface area contributed by atoms with Gasteiger partial charge in [0.2, 0.25) is 10.0 Å². The van der Waals surface area contributed by atoms with E-state index in [4.69, 9.17) is 9.47 Å². The molecule has 0 bridgehead atoms. The molecule has 178 valence electrons. The minimum absolute atomic E-state index is 0.0112. The second kappa shape index (κ2) is 10.3. The van der Waals surface area contributed by atoms with E-state index in [9.17, 15) is 13.2 Å². The van der Waals surface area contributed by atoms with Crippen LogP contribution in [0.3, 0.4) is 0 Å². The van der Waals surface area contributed by atoms with Crippen molar-refractivity contribution < 1.29 is 22.7 Å². The molecular weight excluding hydrogens is 452 g/mol. The van der Waals surface area contributed by atoms with Crippen LogP contribution in [-0.2, 0) is 16.6 Å². The Kier molecular flexibility index (Phi) is 7.19. The predicted octanol–water partition coefficient (Wildman–Crippen LogP) is 4.34. The van der Waals surface area contributed by atoms with E-state index in [0.717, 1.165) is 18.4 Å². The molecule has 34 heavy (non-hydrogen) atoms.